The van der Waals surface area contributed by atoms with Gasteiger partial charge in [-0.2, -0.15) is 0 Å². The fraction of sp³-hybridized carbons (Fsp3) is 0.500. The number of alkyl halides is 1. The Kier molecular flexibility index (Phi) is 16.3. The van der Waals surface area contributed by atoms with Crippen LogP contribution in [0.5, 0.6) is 0 Å². The largest absolute Gasteiger partial charge is 0.465 e. The SMILES string of the molecule is C=C=C=C=C=C=C=C=C=C=C=C(OC(=C)C(C)(Br)CC(C)(C)C(=O)OCCCP(=O)(O)O)[P+](CC)(CC)CC. The normalized spacial score (nSPS) is 12.0. The van der Waals surface area contributed by atoms with Crippen LogP contribution >= 0.6 is 30.8 Å². The Morgan fingerprint density at radius 2 is 1.44 bits per heavy atom. The lowest BCUT2D eigenvalue weighted by Crippen LogP contribution is -2.35. The van der Waals surface area contributed by atoms with E-state index in [9.17, 15) is 9.36 Å². The number of halogens is 1. The third-order valence-electron chi connectivity index (χ3n) is 5.90. The molecule has 1 unspecified atom stereocenters. The van der Waals surface area contributed by atoms with Gasteiger partial charge in [0.05, 0.1) is 48.3 Å². The molecule has 0 amide bonds. The van der Waals surface area contributed by atoms with Gasteiger partial charge in [0.2, 0.25) is 0 Å². The minimum absolute atomic E-state index is 0.0733. The van der Waals surface area contributed by atoms with Crippen LogP contribution in [0.2, 0.25) is 0 Å². The molecule has 0 aliphatic rings. The molecule has 0 spiro atoms. The highest BCUT2D eigenvalue weighted by atomic mass is 79.9. The smallest absolute Gasteiger partial charge is 0.325 e. The molecule has 39 heavy (non-hydrogen) atoms. The third-order valence-corrected chi connectivity index (χ3v) is 12.2. The molecular weight excluding hydrogens is 598 g/mol. The maximum atomic E-state index is 12.7. The summed E-state index contributed by atoms with van der Waals surface area (Å²) in [6, 6.07) is 0. The topological polar surface area (TPSA) is 93.1 Å². The van der Waals surface area contributed by atoms with E-state index in [-0.39, 0.29) is 19.2 Å². The van der Waals surface area contributed by atoms with E-state index in [2.05, 4.69) is 107 Å². The zero-order valence-electron chi connectivity index (χ0n) is 23.7. The van der Waals surface area contributed by atoms with Crippen molar-refractivity contribution in [2.75, 3.05) is 31.3 Å². The molecule has 0 aromatic carbocycles. The molecule has 0 aliphatic carbocycles. The fourth-order valence-corrected chi connectivity index (χ4v) is 7.64. The number of carbonyl (C=O) groups excluding carboxylic acids is 1. The molecule has 0 aromatic heterocycles. The van der Waals surface area contributed by atoms with Gasteiger partial charge in [-0.1, -0.05) is 28.2 Å². The van der Waals surface area contributed by atoms with Gasteiger partial charge < -0.3 is 19.3 Å². The first-order valence-electron chi connectivity index (χ1n) is 12.4. The van der Waals surface area contributed by atoms with Gasteiger partial charge in [0.25, 0.3) is 5.50 Å². The van der Waals surface area contributed by atoms with Crippen molar-refractivity contribution in [3.8, 4) is 0 Å². The van der Waals surface area contributed by atoms with Crippen LogP contribution in [0, 0.1) is 5.41 Å². The van der Waals surface area contributed by atoms with E-state index in [0.29, 0.717) is 17.7 Å². The molecule has 0 fully saturated rings. The summed E-state index contributed by atoms with van der Waals surface area (Å²) in [7, 11) is -5.84. The molecule has 6 nitrogen and oxygen atoms in total. The summed E-state index contributed by atoms with van der Waals surface area (Å²) in [6.07, 6.45) is 2.74. The van der Waals surface area contributed by atoms with Gasteiger partial charge in [-0.05, 0) is 107 Å². The van der Waals surface area contributed by atoms with Crippen LogP contribution in [0.4, 0.5) is 0 Å². The number of esters is 1. The summed E-state index contributed by atoms with van der Waals surface area (Å²) in [4.78, 5) is 30.7. The van der Waals surface area contributed by atoms with E-state index in [1.54, 1.807) is 13.8 Å². The molecule has 0 aromatic rings. The van der Waals surface area contributed by atoms with Crippen molar-refractivity contribution in [3.05, 3.63) is 81.7 Å². The van der Waals surface area contributed by atoms with Gasteiger partial charge >= 0.3 is 13.6 Å². The van der Waals surface area contributed by atoms with Crippen LogP contribution in [-0.4, -0.2) is 51.3 Å². The molecule has 0 rings (SSSR count). The lowest BCUT2D eigenvalue weighted by molar-refractivity contribution is -0.154. The van der Waals surface area contributed by atoms with Crippen LogP contribution in [0.1, 0.15) is 54.4 Å². The zero-order valence-corrected chi connectivity index (χ0v) is 27.0. The lowest BCUT2D eigenvalue weighted by Gasteiger charge is -2.34. The molecule has 210 valence electrons. The first kappa shape index (κ1) is 36.6. The van der Waals surface area contributed by atoms with Crippen molar-refractivity contribution in [3.63, 3.8) is 0 Å². The van der Waals surface area contributed by atoms with Gasteiger partial charge in [0, 0.05) is 5.73 Å². The van der Waals surface area contributed by atoms with E-state index in [4.69, 9.17) is 19.3 Å². The maximum absolute atomic E-state index is 12.7. The molecule has 9 heteroatoms. The van der Waals surface area contributed by atoms with E-state index < -0.39 is 30.6 Å². The Morgan fingerprint density at radius 3 is 1.90 bits per heavy atom. The summed E-state index contributed by atoms with van der Waals surface area (Å²) >= 11 is 3.69. The average Bonchev–Trinajstić information content (AvgIpc) is 2.85. The molecule has 0 heterocycles. The average molecular weight is 636 g/mol. The van der Waals surface area contributed by atoms with Crippen molar-refractivity contribution < 1.29 is 28.6 Å². The van der Waals surface area contributed by atoms with E-state index in [1.807, 2.05) is 6.92 Å². The van der Waals surface area contributed by atoms with Crippen molar-refractivity contribution >= 4 is 36.8 Å². The van der Waals surface area contributed by atoms with Gasteiger partial charge in [-0.25, -0.2) is 0 Å². The fourth-order valence-electron chi connectivity index (χ4n) is 3.51. The predicted octanol–water partition coefficient (Wildman–Crippen LogP) is 7.30. The Labute approximate surface area is 241 Å². The van der Waals surface area contributed by atoms with Crippen molar-refractivity contribution in [1.82, 2.24) is 0 Å². The molecular formula is C30H38BrO6P2+. The standard InChI is InChI=1S/C30H37BrO6P2/c1-9-13-14-15-16-17-18-19-20-22-27(38(10-2,11-3)12-4)37-26(5)30(8,31)25-29(6,7)28(32)36-23-21-24-39(33,34)35/h1,5,10-12,21,23-25H2,2-4,6-8H3,(H-,33,34,35)/p+1. The second-order valence-corrected chi connectivity index (χ2v) is 17.5. The van der Waals surface area contributed by atoms with Crippen LogP contribution in [0.15, 0.2) is 81.7 Å². The molecule has 2 N–H and O–H groups in total. The molecule has 1 atom stereocenters. The zero-order chi connectivity index (χ0) is 30.2. The summed E-state index contributed by atoms with van der Waals surface area (Å²) in [6.45, 7) is 19.2. The first-order valence-corrected chi connectivity index (χ1v) is 17.3. The quantitative estimate of drug-likeness (QED) is 0.0520. The Hall–Kier alpha value is -2.39. The van der Waals surface area contributed by atoms with Gasteiger partial charge in [0.15, 0.2) is 0 Å². The molecule has 0 radical (unpaired) electrons. The summed E-state index contributed by atoms with van der Waals surface area (Å²) in [5.74, 6) is -0.0730. The van der Waals surface area contributed by atoms with E-state index >= 15 is 0 Å². The predicted molar refractivity (Wildman–Crippen MR) is 161 cm³/mol. The van der Waals surface area contributed by atoms with Crippen molar-refractivity contribution in [2.45, 2.75) is 58.7 Å². The molecule has 0 bridgehead atoms. The summed E-state index contributed by atoms with van der Waals surface area (Å²) in [5, 5.41) is 0. The highest BCUT2D eigenvalue weighted by molar-refractivity contribution is 9.10. The number of carbonyl (C=O) groups is 1. The lowest BCUT2D eigenvalue weighted by atomic mass is 9.82. The number of allylic oxidation sites excluding steroid dienone is 1. The third kappa shape index (κ3) is 14.0. The highest BCUT2D eigenvalue weighted by Crippen LogP contribution is 2.65. The van der Waals surface area contributed by atoms with Gasteiger partial charge in [-0.15, -0.1) is 0 Å². The van der Waals surface area contributed by atoms with Crippen LogP contribution in [0.3, 0.4) is 0 Å². The van der Waals surface area contributed by atoms with Crippen LogP contribution in [0.25, 0.3) is 0 Å². The summed E-state index contributed by atoms with van der Waals surface area (Å²) < 4.78 is 21.8. The number of rotatable bonds is 14. The van der Waals surface area contributed by atoms with Crippen LogP contribution in [-0.2, 0) is 18.8 Å². The van der Waals surface area contributed by atoms with Gasteiger partial charge in [-0.3, -0.25) is 9.36 Å². The van der Waals surface area contributed by atoms with E-state index in [1.165, 1.54) is 0 Å². The minimum atomic E-state index is -4.13. The van der Waals surface area contributed by atoms with Crippen molar-refractivity contribution in [2.24, 2.45) is 5.41 Å². The second kappa shape index (κ2) is 17.3. The Morgan fingerprint density at radius 1 is 0.949 bits per heavy atom. The first-order chi connectivity index (χ1) is 18.1. The van der Waals surface area contributed by atoms with Gasteiger partial charge in [0.1, 0.15) is 5.76 Å². The van der Waals surface area contributed by atoms with E-state index in [0.717, 1.165) is 18.5 Å². The Bertz CT molecular complexity index is 1330. The maximum Gasteiger partial charge on any atom is 0.325 e. The van der Waals surface area contributed by atoms with Crippen LogP contribution < -0.4 is 0 Å². The minimum Gasteiger partial charge on any atom is -0.465 e. The monoisotopic (exact) mass is 635 g/mol. The number of hydrogen-bond donors (Lipinski definition) is 2. The highest BCUT2D eigenvalue weighted by Gasteiger charge is 2.44. The number of hydrogen-bond acceptors (Lipinski definition) is 4. The Balaban J connectivity index is 6.16. The molecule has 0 saturated heterocycles. The second-order valence-electron chi connectivity index (χ2n) is 9.36. The number of ether oxygens (including phenoxy) is 2. The van der Waals surface area contributed by atoms with Crippen molar-refractivity contribution in [1.29, 1.82) is 0 Å². The molecule has 0 saturated carbocycles. The molecule has 0 aliphatic heterocycles. The summed E-state index contributed by atoms with van der Waals surface area (Å²) in [5.41, 5.74) is 26.2.